The van der Waals surface area contributed by atoms with E-state index in [1.807, 2.05) is 19.9 Å². The first-order valence-electron chi connectivity index (χ1n) is 5.53. The fraction of sp³-hybridized carbons (Fsp3) is 0.538. The number of aryl methyl sites for hydroxylation is 1. The molecule has 0 aliphatic heterocycles. The number of hydrogen-bond acceptors (Lipinski definition) is 2. The van der Waals surface area contributed by atoms with Crippen LogP contribution in [0.3, 0.4) is 0 Å². The average Bonchev–Trinajstić information content (AvgIpc) is 2.25. The number of alkyl halides is 1. The molecule has 0 aliphatic rings. The maximum atomic E-state index is 5.68. The molecule has 0 unspecified atom stereocenters. The van der Waals surface area contributed by atoms with Gasteiger partial charge >= 0.3 is 0 Å². The summed E-state index contributed by atoms with van der Waals surface area (Å²) in [6, 6.07) is 6.21. The molecular weight excluding hydrogens is 268 g/mol. The van der Waals surface area contributed by atoms with E-state index in [9.17, 15) is 0 Å². The summed E-state index contributed by atoms with van der Waals surface area (Å²) < 4.78 is 11.1. The summed E-state index contributed by atoms with van der Waals surface area (Å²) in [5, 5.41) is 0.815. The van der Waals surface area contributed by atoms with Gasteiger partial charge < -0.3 is 9.47 Å². The van der Waals surface area contributed by atoms with E-state index in [4.69, 9.17) is 9.47 Å². The number of ether oxygens (including phenoxy) is 2. The predicted octanol–water partition coefficient (Wildman–Crippen LogP) is 3.69. The van der Waals surface area contributed by atoms with Gasteiger partial charge in [0.25, 0.3) is 0 Å². The van der Waals surface area contributed by atoms with E-state index >= 15 is 0 Å². The lowest BCUT2D eigenvalue weighted by Gasteiger charge is -2.12. The van der Waals surface area contributed by atoms with Crippen molar-refractivity contribution in [3.05, 3.63) is 29.3 Å². The molecular formula is C13H19BrO2. The van der Waals surface area contributed by atoms with Gasteiger partial charge in [0.1, 0.15) is 12.4 Å². The smallest absolute Gasteiger partial charge is 0.123 e. The van der Waals surface area contributed by atoms with Gasteiger partial charge in [0.05, 0.1) is 12.7 Å². The van der Waals surface area contributed by atoms with Crippen molar-refractivity contribution in [1.29, 1.82) is 0 Å². The lowest BCUT2D eigenvalue weighted by atomic mass is 10.1. The minimum atomic E-state index is 0.261. The topological polar surface area (TPSA) is 18.5 Å². The fourth-order valence-electron chi connectivity index (χ4n) is 1.39. The second-order valence-corrected chi connectivity index (χ2v) is 4.57. The molecule has 0 atom stereocenters. The second-order valence-electron chi connectivity index (χ2n) is 4.01. The van der Waals surface area contributed by atoms with Gasteiger partial charge in [0, 0.05) is 10.9 Å². The SMILES string of the molecule is Cc1ccc(OCCOC(C)C)c(CBr)c1. The van der Waals surface area contributed by atoms with Gasteiger partial charge in [-0.2, -0.15) is 0 Å². The molecule has 1 aromatic carbocycles. The highest BCUT2D eigenvalue weighted by Crippen LogP contribution is 2.22. The van der Waals surface area contributed by atoms with Crippen LogP contribution in [0.4, 0.5) is 0 Å². The van der Waals surface area contributed by atoms with E-state index in [-0.39, 0.29) is 6.10 Å². The average molecular weight is 287 g/mol. The Balaban J connectivity index is 2.47. The number of rotatable bonds is 6. The molecule has 3 heteroatoms. The molecule has 0 saturated heterocycles. The van der Waals surface area contributed by atoms with Gasteiger partial charge in [-0.05, 0) is 26.8 Å². The van der Waals surface area contributed by atoms with Crippen molar-refractivity contribution in [2.75, 3.05) is 13.2 Å². The summed E-state index contributed by atoms with van der Waals surface area (Å²) in [4.78, 5) is 0. The van der Waals surface area contributed by atoms with Gasteiger partial charge in [-0.1, -0.05) is 33.6 Å². The molecule has 0 amide bonds. The third-order valence-electron chi connectivity index (χ3n) is 2.15. The van der Waals surface area contributed by atoms with E-state index in [1.54, 1.807) is 0 Å². The Bertz CT molecular complexity index is 324. The molecule has 90 valence electrons. The van der Waals surface area contributed by atoms with Crippen LogP contribution in [0.15, 0.2) is 18.2 Å². The molecule has 2 nitrogen and oxygen atoms in total. The molecule has 1 aromatic rings. The summed E-state index contributed by atoms with van der Waals surface area (Å²) in [5.74, 6) is 0.940. The Kier molecular flexibility index (Phi) is 5.85. The molecule has 0 fully saturated rings. The van der Waals surface area contributed by atoms with Crippen molar-refractivity contribution in [1.82, 2.24) is 0 Å². The number of benzene rings is 1. The van der Waals surface area contributed by atoms with E-state index < -0.39 is 0 Å². The Morgan fingerprint density at radius 2 is 2.00 bits per heavy atom. The van der Waals surface area contributed by atoms with Crippen LogP contribution < -0.4 is 4.74 Å². The largest absolute Gasteiger partial charge is 0.491 e. The number of halogens is 1. The summed E-state index contributed by atoms with van der Waals surface area (Å²) in [6.45, 7) is 7.36. The first-order valence-corrected chi connectivity index (χ1v) is 6.65. The third kappa shape index (κ3) is 4.54. The highest BCUT2D eigenvalue weighted by molar-refractivity contribution is 9.08. The Morgan fingerprint density at radius 3 is 2.62 bits per heavy atom. The van der Waals surface area contributed by atoms with Crippen molar-refractivity contribution >= 4 is 15.9 Å². The van der Waals surface area contributed by atoms with Gasteiger partial charge in [0.15, 0.2) is 0 Å². The first kappa shape index (κ1) is 13.5. The fourth-order valence-corrected chi connectivity index (χ4v) is 1.83. The molecule has 0 radical (unpaired) electrons. The Hall–Kier alpha value is -0.540. The predicted molar refractivity (Wildman–Crippen MR) is 70.4 cm³/mol. The van der Waals surface area contributed by atoms with Gasteiger partial charge in [-0.15, -0.1) is 0 Å². The first-order chi connectivity index (χ1) is 7.63. The summed E-state index contributed by atoms with van der Waals surface area (Å²) in [5.41, 5.74) is 2.43. The summed E-state index contributed by atoms with van der Waals surface area (Å²) in [7, 11) is 0. The molecule has 0 aliphatic carbocycles. The second kappa shape index (κ2) is 6.92. The van der Waals surface area contributed by atoms with Crippen molar-refractivity contribution in [3.8, 4) is 5.75 Å². The Labute approximate surface area is 106 Å². The zero-order chi connectivity index (χ0) is 12.0. The maximum Gasteiger partial charge on any atom is 0.123 e. The highest BCUT2D eigenvalue weighted by atomic mass is 79.9. The normalized spacial score (nSPS) is 10.8. The molecule has 1 rings (SSSR count). The number of hydrogen-bond donors (Lipinski definition) is 0. The van der Waals surface area contributed by atoms with Crippen LogP contribution in [0.1, 0.15) is 25.0 Å². The molecule has 0 bridgehead atoms. The van der Waals surface area contributed by atoms with E-state index in [0.717, 1.165) is 11.1 Å². The molecule has 0 saturated carbocycles. The zero-order valence-electron chi connectivity index (χ0n) is 10.1. The lowest BCUT2D eigenvalue weighted by Crippen LogP contribution is -2.11. The van der Waals surface area contributed by atoms with E-state index in [2.05, 4.69) is 35.0 Å². The van der Waals surface area contributed by atoms with Crippen LogP contribution in [0.5, 0.6) is 5.75 Å². The third-order valence-corrected chi connectivity index (χ3v) is 2.76. The molecule has 0 N–H and O–H groups in total. The molecule has 16 heavy (non-hydrogen) atoms. The zero-order valence-corrected chi connectivity index (χ0v) is 11.7. The molecule has 0 heterocycles. The Morgan fingerprint density at radius 1 is 1.25 bits per heavy atom. The van der Waals surface area contributed by atoms with Crippen LogP contribution in [0.25, 0.3) is 0 Å². The molecule has 0 aromatic heterocycles. The van der Waals surface area contributed by atoms with Crippen molar-refractivity contribution in [2.24, 2.45) is 0 Å². The van der Waals surface area contributed by atoms with Gasteiger partial charge in [0.2, 0.25) is 0 Å². The van der Waals surface area contributed by atoms with Crippen molar-refractivity contribution in [3.63, 3.8) is 0 Å². The highest BCUT2D eigenvalue weighted by Gasteiger charge is 2.03. The lowest BCUT2D eigenvalue weighted by molar-refractivity contribution is 0.0551. The monoisotopic (exact) mass is 286 g/mol. The van der Waals surface area contributed by atoms with Gasteiger partial charge in [-0.25, -0.2) is 0 Å². The molecule has 0 spiro atoms. The summed E-state index contributed by atoms with van der Waals surface area (Å²) >= 11 is 3.46. The van der Waals surface area contributed by atoms with E-state index in [1.165, 1.54) is 11.1 Å². The minimum absolute atomic E-state index is 0.261. The van der Waals surface area contributed by atoms with Crippen LogP contribution in [0, 0.1) is 6.92 Å². The van der Waals surface area contributed by atoms with Crippen LogP contribution in [0.2, 0.25) is 0 Å². The maximum absolute atomic E-state index is 5.68. The van der Waals surface area contributed by atoms with Crippen LogP contribution in [-0.2, 0) is 10.1 Å². The minimum Gasteiger partial charge on any atom is -0.491 e. The van der Waals surface area contributed by atoms with Crippen molar-refractivity contribution in [2.45, 2.75) is 32.2 Å². The van der Waals surface area contributed by atoms with Gasteiger partial charge in [-0.3, -0.25) is 0 Å². The van der Waals surface area contributed by atoms with E-state index in [0.29, 0.717) is 13.2 Å². The van der Waals surface area contributed by atoms with Crippen molar-refractivity contribution < 1.29 is 9.47 Å². The standard InChI is InChI=1S/C13H19BrO2/c1-10(2)15-6-7-16-13-5-4-11(3)8-12(13)9-14/h4-5,8,10H,6-7,9H2,1-3H3. The van der Waals surface area contributed by atoms with Crippen LogP contribution in [-0.4, -0.2) is 19.3 Å². The van der Waals surface area contributed by atoms with Crippen LogP contribution >= 0.6 is 15.9 Å². The summed E-state index contributed by atoms with van der Waals surface area (Å²) in [6.07, 6.45) is 0.261. The quantitative estimate of drug-likeness (QED) is 0.587.